The Hall–Kier alpha value is -0.790. The summed E-state index contributed by atoms with van der Waals surface area (Å²) in [6.07, 6.45) is 0.413. The van der Waals surface area contributed by atoms with Crippen LogP contribution in [0.1, 0.15) is 18.6 Å². The Balaban J connectivity index is 2.12. The molecule has 0 saturated carbocycles. The lowest BCUT2D eigenvalue weighted by Crippen LogP contribution is -1.88. The van der Waals surface area contributed by atoms with Crippen LogP contribution in [-0.4, -0.2) is 6.10 Å². The van der Waals surface area contributed by atoms with Gasteiger partial charge in [-0.05, 0) is 30.2 Å². The van der Waals surface area contributed by atoms with E-state index < -0.39 is 0 Å². The van der Waals surface area contributed by atoms with E-state index in [9.17, 15) is 0 Å². The molecule has 1 heterocycles. The van der Waals surface area contributed by atoms with E-state index in [0.717, 1.165) is 10.6 Å². The SMILES string of the molecule is C=C(C)[C@@H]1O[C@@H]1c1ccc(Cl)cc1. The summed E-state index contributed by atoms with van der Waals surface area (Å²) >= 11 is 5.78. The number of halogens is 1. The molecule has 1 aliphatic rings. The maximum atomic E-state index is 5.78. The van der Waals surface area contributed by atoms with Gasteiger partial charge in [0.05, 0.1) is 0 Å². The quantitative estimate of drug-likeness (QED) is 0.520. The van der Waals surface area contributed by atoms with Crippen molar-refractivity contribution in [3.63, 3.8) is 0 Å². The van der Waals surface area contributed by atoms with Gasteiger partial charge in [-0.3, -0.25) is 0 Å². The van der Waals surface area contributed by atoms with Gasteiger partial charge >= 0.3 is 0 Å². The minimum absolute atomic E-state index is 0.203. The fraction of sp³-hybridized carbons (Fsp3) is 0.273. The van der Waals surface area contributed by atoms with Crippen LogP contribution in [0.4, 0.5) is 0 Å². The molecular formula is C11H11ClO. The third kappa shape index (κ3) is 1.77. The van der Waals surface area contributed by atoms with Crippen molar-refractivity contribution >= 4 is 11.6 Å². The highest BCUT2D eigenvalue weighted by Crippen LogP contribution is 2.42. The Labute approximate surface area is 83.0 Å². The molecule has 0 bridgehead atoms. The van der Waals surface area contributed by atoms with Crippen LogP contribution in [0.2, 0.25) is 5.02 Å². The summed E-state index contributed by atoms with van der Waals surface area (Å²) in [5.41, 5.74) is 2.26. The van der Waals surface area contributed by atoms with Gasteiger partial charge in [0.25, 0.3) is 0 Å². The molecule has 0 amide bonds. The van der Waals surface area contributed by atoms with Crippen molar-refractivity contribution in [3.05, 3.63) is 47.0 Å². The number of hydrogen-bond acceptors (Lipinski definition) is 1. The lowest BCUT2D eigenvalue weighted by molar-refractivity contribution is 0.389. The molecule has 0 unspecified atom stereocenters. The maximum absolute atomic E-state index is 5.78. The maximum Gasteiger partial charge on any atom is 0.113 e. The molecule has 2 heteroatoms. The Morgan fingerprint density at radius 2 is 2.00 bits per heavy atom. The van der Waals surface area contributed by atoms with Crippen LogP contribution in [0.5, 0.6) is 0 Å². The molecule has 0 aromatic heterocycles. The fourth-order valence-corrected chi connectivity index (χ4v) is 1.52. The molecule has 68 valence electrons. The third-order valence-corrected chi connectivity index (χ3v) is 2.43. The largest absolute Gasteiger partial charge is 0.360 e. The predicted molar refractivity (Wildman–Crippen MR) is 53.9 cm³/mol. The van der Waals surface area contributed by atoms with E-state index >= 15 is 0 Å². The molecule has 1 aliphatic heterocycles. The summed E-state index contributed by atoms with van der Waals surface area (Å²) in [5.74, 6) is 0. The van der Waals surface area contributed by atoms with Crippen LogP contribution in [0.15, 0.2) is 36.4 Å². The van der Waals surface area contributed by atoms with Crippen molar-refractivity contribution in [3.8, 4) is 0 Å². The van der Waals surface area contributed by atoms with Gasteiger partial charge in [-0.2, -0.15) is 0 Å². The molecule has 1 saturated heterocycles. The van der Waals surface area contributed by atoms with Gasteiger partial charge in [0.2, 0.25) is 0 Å². The standard InChI is InChI=1S/C11H11ClO/c1-7(2)10-11(13-10)8-3-5-9(12)6-4-8/h3-6,10-11H,1H2,2H3/t10-,11+/m0/s1. The van der Waals surface area contributed by atoms with Gasteiger partial charge in [-0.25, -0.2) is 0 Å². The summed E-state index contributed by atoms with van der Waals surface area (Å²) in [4.78, 5) is 0. The molecule has 1 nitrogen and oxygen atoms in total. The highest BCUT2D eigenvalue weighted by molar-refractivity contribution is 6.30. The Morgan fingerprint density at radius 1 is 1.38 bits per heavy atom. The van der Waals surface area contributed by atoms with Gasteiger partial charge in [0.1, 0.15) is 12.2 Å². The summed E-state index contributed by atoms with van der Waals surface area (Å²) < 4.78 is 5.46. The zero-order valence-electron chi connectivity index (χ0n) is 7.46. The predicted octanol–water partition coefficient (Wildman–Crippen LogP) is 3.36. The first-order valence-electron chi connectivity index (χ1n) is 4.25. The molecule has 1 aromatic carbocycles. The average Bonchev–Trinajstić information content (AvgIpc) is 2.85. The molecule has 2 rings (SSSR count). The van der Waals surface area contributed by atoms with Crippen molar-refractivity contribution in [2.24, 2.45) is 0 Å². The normalized spacial score (nSPS) is 25.7. The first-order valence-corrected chi connectivity index (χ1v) is 4.62. The van der Waals surface area contributed by atoms with E-state index in [-0.39, 0.29) is 12.2 Å². The first-order chi connectivity index (χ1) is 6.18. The monoisotopic (exact) mass is 194 g/mol. The molecule has 13 heavy (non-hydrogen) atoms. The van der Waals surface area contributed by atoms with Crippen molar-refractivity contribution in [1.82, 2.24) is 0 Å². The Bertz CT molecular complexity index is 328. The second kappa shape index (κ2) is 3.17. The highest BCUT2D eigenvalue weighted by Gasteiger charge is 2.40. The summed E-state index contributed by atoms with van der Waals surface area (Å²) in [7, 11) is 0. The van der Waals surface area contributed by atoms with Crippen molar-refractivity contribution in [2.75, 3.05) is 0 Å². The van der Waals surface area contributed by atoms with Crippen LogP contribution < -0.4 is 0 Å². The molecule has 0 radical (unpaired) electrons. The van der Waals surface area contributed by atoms with Gasteiger partial charge in [-0.15, -0.1) is 0 Å². The number of benzene rings is 1. The molecule has 2 atom stereocenters. The van der Waals surface area contributed by atoms with E-state index in [4.69, 9.17) is 16.3 Å². The fourth-order valence-electron chi connectivity index (χ4n) is 1.39. The number of ether oxygens (including phenoxy) is 1. The molecule has 0 aliphatic carbocycles. The second-order valence-corrected chi connectivity index (χ2v) is 3.81. The number of hydrogen-bond donors (Lipinski definition) is 0. The van der Waals surface area contributed by atoms with Crippen LogP contribution >= 0.6 is 11.6 Å². The smallest absolute Gasteiger partial charge is 0.113 e. The summed E-state index contributed by atoms with van der Waals surface area (Å²) in [6, 6.07) is 7.76. The van der Waals surface area contributed by atoms with Gasteiger partial charge in [-0.1, -0.05) is 30.3 Å². The van der Waals surface area contributed by atoms with Gasteiger partial charge in [0, 0.05) is 5.02 Å². The van der Waals surface area contributed by atoms with E-state index in [1.54, 1.807) is 0 Å². The van der Waals surface area contributed by atoms with E-state index in [0.29, 0.717) is 0 Å². The van der Waals surface area contributed by atoms with Crippen LogP contribution in [0.3, 0.4) is 0 Å². The number of rotatable bonds is 2. The van der Waals surface area contributed by atoms with Crippen molar-refractivity contribution in [2.45, 2.75) is 19.1 Å². The zero-order valence-corrected chi connectivity index (χ0v) is 8.21. The molecule has 0 spiro atoms. The zero-order chi connectivity index (χ0) is 9.42. The van der Waals surface area contributed by atoms with Crippen LogP contribution in [0.25, 0.3) is 0 Å². The van der Waals surface area contributed by atoms with Crippen LogP contribution in [-0.2, 0) is 4.74 Å². The summed E-state index contributed by atoms with van der Waals surface area (Å²) in [6.45, 7) is 5.85. The second-order valence-electron chi connectivity index (χ2n) is 3.38. The van der Waals surface area contributed by atoms with E-state index in [2.05, 4.69) is 6.58 Å². The van der Waals surface area contributed by atoms with Crippen molar-refractivity contribution < 1.29 is 4.74 Å². The number of epoxide rings is 1. The van der Waals surface area contributed by atoms with Crippen molar-refractivity contribution in [1.29, 1.82) is 0 Å². The lowest BCUT2D eigenvalue weighted by Gasteiger charge is -1.95. The minimum atomic E-state index is 0.203. The summed E-state index contributed by atoms with van der Waals surface area (Å²) in [5, 5.41) is 0.760. The topological polar surface area (TPSA) is 12.5 Å². The molecule has 1 aromatic rings. The Kier molecular flexibility index (Phi) is 2.14. The van der Waals surface area contributed by atoms with Crippen LogP contribution in [0, 0.1) is 0 Å². The first kappa shape index (κ1) is 8.79. The van der Waals surface area contributed by atoms with E-state index in [1.165, 1.54) is 5.56 Å². The Morgan fingerprint density at radius 3 is 2.46 bits per heavy atom. The third-order valence-electron chi connectivity index (χ3n) is 2.18. The minimum Gasteiger partial charge on any atom is -0.360 e. The lowest BCUT2D eigenvalue weighted by atomic mass is 10.1. The molecule has 0 N–H and O–H groups in total. The highest BCUT2D eigenvalue weighted by atomic mass is 35.5. The average molecular weight is 195 g/mol. The molecule has 1 fully saturated rings. The van der Waals surface area contributed by atoms with Gasteiger partial charge in [0.15, 0.2) is 0 Å². The molecular weight excluding hydrogens is 184 g/mol. The van der Waals surface area contributed by atoms with E-state index in [1.807, 2.05) is 31.2 Å². The van der Waals surface area contributed by atoms with Gasteiger partial charge < -0.3 is 4.74 Å².